The Morgan fingerprint density at radius 2 is 1.96 bits per heavy atom. The van der Waals surface area contributed by atoms with Gasteiger partial charge in [-0.2, -0.15) is 5.10 Å². The number of anilines is 1. The molecule has 0 spiro atoms. The van der Waals surface area contributed by atoms with Crippen molar-refractivity contribution in [1.82, 2.24) is 25.5 Å². The Hall–Kier alpha value is -3.25. The molecule has 0 bridgehead atoms. The lowest BCUT2D eigenvalue weighted by Crippen LogP contribution is -2.46. The largest absolute Gasteiger partial charge is 0.353 e. The third kappa shape index (κ3) is 3.01. The van der Waals surface area contributed by atoms with Gasteiger partial charge in [0.1, 0.15) is 11.5 Å². The molecule has 1 aromatic carbocycles. The van der Waals surface area contributed by atoms with Crippen molar-refractivity contribution in [3.05, 3.63) is 71.9 Å². The van der Waals surface area contributed by atoms with Crippen LogP contribution in [0.5, 0.6) is 0 Å². The van der Waals surface area contributed by atoms with Gasteiger partial charge in [-0.25, -0.2) is 9.97 Å². The maximum atomic E-state index is 4.93. The number of nitrogens with zero attached hydrogens (tertiary/aromatic N) is 4. The molecular formula is C22H22N6. The second kappa shape index (κ2) is 7.05. The molecule has 1 saturated heterocycles. The average Bonchev–Trinajstić information content (AvgIpc) is 3.19. The number of fused-ring (bicyclic) bond motifs is 1. The van der Waals surface area contributed by atoms with Gasteiger partial charge in [0.25, 0.3) is 0 Å². The van der Waals surface area contributed by atoms with E-state index >= 15 is 0 Å². The van der Waals surface area contributed by atoms with Crippen LogP contribution >= 0.6 is 0 Å². The number of benzene rings is 1. The molecule has 0 aliphatic carbocycles. The lowest BCUT2D eigenvalue weighted by molar-refractivity contribution is 0.468. The predicted molar refractivity (Wildman–Crippen MR) is 111 cm³/mol. The van der Waals surface area contributed by atoms with E-state index in [1.54, 1.807) is 6.20 Å². The normalized spacial score (nSPS) is 17.2. The number of piperazine rings is 1. The topological polar surface area (TPSA) is 69.7 Å². The monoisotopic (exact) mass is 370 g/mol. The number of hydrogen-bond donors (Lipinski definition) is 2. The summed E-state index contributed by atoms with van der Waals surface area (Å²) in [7, 11) is 0. The van der Waals surface area contributed by atoms with Gasteiger partial charge in [-0.05, 0) is 42.3 Å². The molecule has 0 radical (unpaired) electrons. The van der Waals surface area contributed by atoms with E-state index in [0.29, 0.717) is 6.04 Å². The molecule has 4 heterocycles. The van der Waals surface area contributed by atoms with Crippen molar-refractivity contribution in [2.75, 3.05) is 24.5 Å². The average molecular weight is 370 g/mol. The lowest BCUT2D eigenvalue weighted by Gasteiger charge is -2.35. The zero-order valence-corrected chi connectivity index (χ0v) is 15.8. The number of H-pyrrole nitrogens is 1. The fraction of sp³-hybridized carbons (Fsp3) is 0.227. The van der Waals surface area contributed by atoms with Crippen molar-refractivity contribution in [3.8, 4) is 11.4 Å². The quantitative estimate of drug-likeness (QED) is 0.578. The molecule has 6 heteroatoms. The van der Waals surface area contributed by atoms with E-state index in [2.05, 4.69) is 68.7 Å². The van der Waals surface area contributed by atoms with Crippen LogP contribution in [0.1, 0.15) is 17.2 Å². The van der Waals surface area contributed by atoms with Crippen LogP contribution < -0.4 is 10.2 Å². The molecule has 0 amide bonds. The molecule has 1 atom stereocenters. The van der Waals surface area contributed by atoms with Crippen LogP contribution in [0.2, 0.25) is 0 Å². The minimum Gasteiger partial charge on any atom is -0.353 e. The smallest absolute Gasteiger partial charge is 0.155 e. The van der Waals surface area contributed by atoms with Gasteiger partial charge < -0.3 is 10.2 Å². The van der Waals surface area contributed by atoms with Crippen LogP contribution in [0, 0.1) is 6.92 Å². The summed E-state index contributed by atoms with van der Waals surface area (Å²) >= 11 is 0. The fourth-order valence-electron chi connectivity index (χ4n) is 3.93. The Labute approximate surface area is 163 Å². The SMILES string of the molecule is Cc1ccccc1C1CN(c2cccc(-c3n[nH]c4ncccc34)n2)CCN1. The zero-order valence-electron chi connectivity index (χ0n) is 15.8. The molecular weight excluding hydrogens is 348 g/mol. The molecule has 2 N–H and O–H groups in total. The molecule has 6 nitrogen and oxygen atoms in total. The highest BCUT2D eigenvalue weighted by atomic mass is 15.2. The lowest BCUT2D eigenvalue weighted by atomic mass is 9.99. The number of hydrogen-bond acceptors (Lipinski definition) is 5. The molecule has 3 aromatic heterocycles. The Kier molecular flexibility index (Phi) is 4.25. The van der Waals surface area contributed by atoms with Gasteiger partial charge in [-0.1, -0.05) is 30.3 Å². The van der Waals surface area contributed by atoms with Crippen LogP contribution in [-0.4, -0.2) is 39.8 Å². The summed E-state index contributed by atoms with van der Waals surface area (Å²) in [6.45, 7) is 4.93. The third-order valence-electron chi connectivity index (χ3n) is 5.38. The third-order valence-corrected chi connectivity index (χ3v) is 5.38. The van der Waals surface area contributed by atoms with Crippen molar-refractivity contribution >= 4 is 16.9 Å². The van der Waals surface area contributed by atoms with Crippen LogP contribution in [0.15, 0.2) is 60.8 Å². The predicted octanol–water partition coefficient (Wildman–Crippen LogP) is 3.48. The van der Waals surface area contributed by atoms with E-state index in [0.717, 1.165) is 47.9 Å². The second-order valence-corrected chi connectivity index (χ2v) is 7.16. The Morgan fingerprint density at radius 3 is 2.89 bits per heavy atom. The molecule has 1 aliphatic rings. The van der Waals surface area contributed by atoms with E-state index in [1.807, 2.05) is 18.2 Å². The van der Waals surface area contributed by atoms with Crippen molar-refractivity contribution in [2.24, 2.45) is 0 Å². The second-order valence-electron chi connectivity index (χ2n) is 7.16. The standard InChI is InChI=1S/C22H22N6/c1-15-6-2-3-7-16(15)19-14-28(13-12-23-19)20-10-4-9-18(25-20)21-17-8-5-11-24-22(17)27-26-21/h2-11,19,23H,12-14H2,1H3,(H,24,26,27). The van der Waals surface area contributed by atoms with Gasteiger partial charge in [-0.15, -0.1) is 0 Å². The molecule has 1 aliphatic heterocycles. The van der Waals surface area contributed by atoms with Gasteiger partial charge in [-0.3, -0.25) is 5.10 Å². The van der Waals surface area contributed by atoms with E-state index in [1.165, 1.54) is 11.1 Å². The number of aromatic amines is 1. The molecule has 1 fully saturated rings. The van der Waals surface area contributed by atoms with Crippen molar-refractivity contribution in [2.45, 2.75) is 13.0 Å². The first kappa shape index (κ1) is 16.9. The van der Waals surface area contributed by atoms with Crippen molar-refractivity contribution in [1.29, 1.82) is 0 Å². The van der Waals surface area contributed by atoms with E-state index in [-0.39, 0.29) is 0 Å². The number of aryl methyl sites for hydroxylation is 1. The summed E-state index contributed by atoms with van der Waals surface area (Å²) in [6.07, 6.45) is 1.76. The van der Waals surface area contributed by atoms with Crippen LogP contribution in [-0.2, 0) is 0 Å². The summed E-state index contributed by atoms with van der Waals surface area (Å²) in [5.74, 6) is 0.984. The van der Waals surface area contributed by atoms with Gasteiger partial charge in [0.05, 0.1) is 11.7 Å². The summed E-state index contributed by atoms with van der Waals surface area (Å²) in [5.41, 5.74) is 5.16. The maximum absolute atomic E-state index is 4.93. The van der Waals surface area contributed by atoms with Gasteiger partial charge >= 0.3 is 0 Å². The molecule has 140 valence electrons. The van der Waals surface area contributed by atoms with Crippen LogP contribution in [0.3, 0.4) is 0 Å². The van der Waals surface area contributed by atoms with Gasteiger partial charge in [0.2, 0.25) is 0 Å². The molecule has 4 aromatic rings. The maximum Gasteiger partial charge on any atom is 0.155 e. The van der Waals surface area contributed by atoms with Crippen molar-refractivity contribution < 1.29 is 0 Å². The first-order valence-corrected chi connectivity index (χ1v) is 9.60. The van der Waals surface area contributed by atoms with E-state index in [4.69, 9.17) is 4.98 Å². The minimum atomic E-state index is 0.302. The minimum absolute atomic E-state index is 0.302. The Morgan fingerprint density at radius 1 is 1.04 bits per heavy atom. The number of rotatable bonds is 3. The van der Waals surface area contributed by atoms with E-state index in [9.17, 15) is 0 Å². The van der Waals surface area contributed by atoms with E-state index < -0.39 is 0 Å². The Bertz CT molecular complexity index is 1120. The molecule has 28 heavy (non-hydrogen) atoms. The number of nitrogens with one attached hydrogen (secondary N) is 2. The van der Waals surface area contributed by atoms with Crippen LogP contribution in [0.4, 0.5) is 5.82 Å². The first-order chi connectivity index (χ1) is 13.8. The number of pyridine rings is 2. The highest BCUT2D eigenvalue weighted by Gasteiger charge is 2.23. The Balaban J connectivity index is 1.45. The summed E-state index contributed by atoms with van der Waals surface area (Å²) in [5, 5.41) is 12.1. The summed E-state index contributed by atoms with van der Waals surface area (Å²) in [4.78, 5) is 11.6. The molecule has 0 saturated carbocycles. The van der Waals surface area contributed by atoms with Crippen LogP contribution in [0.25, 0.3) is 22.4 Å². The van der Waals surface area contributed by atoms with Gasteiger partial charge in [0, 0.05) is 31.2 Å². The summed E-state index contributed by atoms with van der Waals surface area (Å²) in [6, 6.07) is 19.0. The highest BCUT2D eigenvalue weighted by molar-refractivity contribution is 5.89. The zero-order chi connectivity index (χ0) is 18.9. The molecule has 5 rings (SSSR count). The number of aromatic nitrogens is 4. The molecule has 1 unspecified atom stereocenters. The van der Waals surface area contributed by atoms with Gasteiger partial charge in [0.15, 0.2) is 5.65 Å². The first-order valence-electron chi connectivity index (χ1n) is 9.60. The fourth-order valence-corrected chi connectivity index (χ4v) is 3.93. The summed E-state index contributed by atoms with van der Waals surface area (Å²) < 4.78 is 0. The van der Waals surface area contributed by atoms with Crippen molar-refractivity contribution in [3.63, 3.8) is 0 Å². The highest BCUT2D eigenvalue weighted by Crippen LogP contribution is 2.27.